The highest BCUT2D eigenvalue weighted by molar-refractivity contribution is 6.30. The monoisotopic (exact) mass is 273 g/mol. The maximum absolute atomic E-state index is 6.33. The summed E-state index contributed by atoms with van der Waals surface area (Å²) < 4.78 is 0. The number of pyridine rings is 1. The van der Waals surface area contributed by atoms with Crippen LogP contribution in [-0.2, 0) is 19.3 Å². The van der Waals surface area contributed by atoms with E-state index in [4.69, 9.17) is 16.6 Å². The quantitative estimate of drug-likeness (QED) is 0.784. The molecule has 19 heavy (non-hydrogen) atoms. The molecule has 1 aliphatic carbocycles. The molecule has 1 aliphatic rings. The van der Waals surface area contributed by atoms with E-state index in [9.17, 15) is 0 Å². The van der Waals surface area contributed by atoms with Crippen LogP contribution in [0, 0.1) is 0 Å². The van der Waals surface area contributed by atoms with Crippen LogP contribution in [0.3, 0.4) is 0 Å². The van der Waals surface area contributed by atoms with Gasteiger partial charge in [-0.05, 0) is 43.7 Å². The Morgan fingerprint density at radius 3 is 2.89 bits per heavy atom. The van der Waals surface area contributed by atoms with Crippen molar-refractivity contribution in [3.05, 3.63) is 40.4 Å². The summed E-state index contributed by atoms with van der Waals surface area (Å²) in [6.07, 6.45) is 8.97. The average molecular weight is 274 g/mol. The summed E-state index contributed by atoms with van der Waals surface area (Å²) in [7, 11) is 0. The SMILES string of the molecule is CCc1cnccc1-c1nc(Cl)c2c(n1)CCCC2. The fraction of sp³-hybridized carbons (Fsp3) is 0.400. The van der Waals surface area contributed by atoms with Crippen molar-refractivity contribution in [2.24, 2.45) is 0 Å². The van der Waals surface area contributed by atoms with Gasteiger partial charge >= 0.3 is 0 Å². The highest BCUT2D eigenvalue weighted by Crippen LogP contribution is 2.29. The van der Waals surface area contributed by atoms with Crippen LogP contribution in [0.2, 0.25) is 5.15 Å². The van der Waals surface area contributed by atoms with Crippen LogP contribution in [0.4, 0.5) is 0 Å². The summed E-state index contributed by atoms with van der Waals surface area (Å²) in [5.41, 5.74) is 4.48. The second kappa shape index (κ2) is 5.25. The molecule has 0 saturated heterocycles. The largest absolute Gasteiger partial charge is 0.264 e. The van der Waals surface area contributed by atoms with Crippen LogP contribution in [0.15, 0.2) is 18.5 Å². The molecule has 0 fully saturated rings. The minimum Gasteiger partial charge on any atom is -0.264 e. The number of fused-ring (bicyclic) bond motifs is 1. The number of nitrogens with zero attached hydrogens (tertiary/aromatic N) is 3. The second-order valence-corrected chi connectivity index (χ2v) is 5.21. The number of rotatable bonds is 2. The molecule has 0 radical (unpaired) electrons. The molecule has 2 aromatic heterocycles. The van der Waals surface area contributed by atoms with Crippen LogP contribution >= 0.6 is 11.6 Å². The molecule has 98 valence electrons. The van der Waals surface area contributed by atoms with Crippen molar-refractivity contribution >= 4 is 11.6 Å². The molecular formula is C15H16ClN3. The van der Waals surface area contributed by atoms with Crippen LogP contribution in [0.5, 0.6) is 0 Å². The van der Waals surface area contributed by atoms with Gasteiger partial charge in [0, 0.05) is 29.2 Å². The summed E-state index contributed by atoms with van der Waals surface area (Å²) in [6, 6.07) is 1.97. The summed E-state index contributed by atoms with van der Waals surface area (Å²) >= 11 is 6.33. The third-order valence-corrected chi connectivity index (χ3v) is 3.97. The Balaban J connectivity index is 2.13. The zero-order valence-electron chi connectivity index (χ0n) is 11.0. The Labute approximate surface area is 118 Å². The smallest absolute Gasteiger partial charge is 0.161 e. The van der Waals surface area contributed by atoms with E-state index in [1.807, 2.05) is 12.3 Å². The lowest BCUT2D eigenvalue weighted by Gasteiger charge is -2.17. The van der Waals surface area contributed by atoms with E-state index >= 15 is 0 Å². The molecular weight excluding hydrogens is 258 g/mol. The van der Waals surface area contributed by atoms with E-state index < -0.39 is 0 Å². The number of hydrogen-bond donors (Lipinski definition) is 0. The van der Waals surface area contributed by atoms with E-state index in [1.54, 1.807) is 6.20 Å². The first-order valence-corrected chi connectivity index (χ1v) is 7.16. The summed E-state index contributed by atoms with van der Waals surface area (Å²) in [5, 5.41) is 0.624. The van der Waals surface area contributed by atoms with E-state index in [1.165, 1.54) is 12.8 Å². The molecule has 0 spiro atoms. The Hall–Kier alpha value is -1.48. The zero-order valence-corrected chi connectivity index (χ0v) is 11.7. The maximum atomic E-state index is 6.33. The molecule has 0 atom stereocenters. The first kappa shape index (κ1) is 12.5. The van der Waals surface area contributed by atoms with Gasteiger partial charge < -0.3 is 0 Å². The number of hydrogen-bond acceptors (Lipinski definition) is 3. The van der Waals surface area contributed by atoms with Gasteiger partial charge in [-0.3, -0.25) is 4.98 Å². The molecule has 3 nitrogen and oxygen atoms in total. The Morgan fingerprint density at radius 2 is 2.05 bits per heavy atom. The third-order valence-electron chi connectivity index (χ3n) is 3.66. The lowest BCUT2D eigenvalue weighted by Crippen LogP contribution is -2.09. The van der Waals surface area contributed by atoms with Gasteiger partial charge in [0.1, 0.15) is 5.15 Å². The van der Waals surface area contributed by atoms with E-state index in [-0.39, 0.29) is 0 Å². The zero-order chi connectivity index (χ0) is 13.2. The predicted molar refractivity (Wildman–Crippen MR) is 76.3 cm³/mol. The van der Waals surface area contributed by atoms with E-state index in [0.29, 0.717) is 5.15 Å². The third kappa shape index (κ3) is 2.35. The molecule has 3 rings (SSSR count). The van der Waals surface area contributed by atoms with Gasteiger partial charge in [-0.1, -0.05) is 18.5 Å². The lowest BCUT2D eigenvalue weighted by molar-refractivity contribution is 0.663. The van der Waals surface area contributed by atoms with Gasteiger partial charge in [0.2, 0.25) is 0 Å². The number of aryl methyl sites for hydroxylation is 2. The van der Waals surface area contributed by atoms with Gasteiger partial charge in [0.25, 0.3) is 0 Å². The predicted octanol–water partition coefficient (Wildman–Crippen LogP) is 3.63. The fourth-order valence-electron chi connectivity index (χ4n) is 2.60. The van der Waals surface area contributed by atoms with E-state index in [2.05, 4.69) is 16.9 Å². The fourth-order valence-corrected chi connectivity index (χ4v) is 2.88. The van der Waals surface area contributed by atoms with Crippen LogP contribution in [-0.4, -0.2) is 15.0 Å². The molecule has 2 heterocycles. The van der Waals surface area contributed by atoms with Crippen LogP contribution in [0.25, 0.3) is 11.4 Å². The van der Waals surface area contributed by atoms with Crippen LogP contribution in [0.1, 0.15) is 36.6 Å². The van der Waals surface area contributed by atoms with Gasteiger partial charge in [-0.2, -0.15) is 0 Å². The number of halogens is 1. The van der Waals surface area contributed by atoms with Crippen molar-refractivity contribution in [1.29, 1.82) is 0 Å². The molecule has 4 heteroatoms. The minimum absolute atomic E-state index is 0.624. The second-order valence-electron chi connectivity index (χ2n) is 4.86. The van der Waals surface area contributed by atoms with Crippen molar-refractivity contribution in [1.82, 2.24) is 15.0 Å². The normalized spacial score (nSPS) is 14.2. The van der Waals surface area contributed by atoms with Gasteiger partial charge in [-0.25, -0.2) is 9.97 Å². The maximum Gasteiger partial charge on any atom is 0.161 e. The molecule has 0 aromatic carbocycles. The molecule has 0 amide bonds. The van der Waals surface area contributed by atoms with Crippen molar-refractivity contribution in [2.45, 2.75) is 39.0 Å². The lowest BCUT2D eigenvalue weighted by atomic mass is 9.97. The summed E-state index contributed by atoms with van der Waals surface area (Å²) in [6.45, 7) is 2.11. The average Bonchev–Trinajstić information content (AvgIpc) is 2.47. The standard InChI is InChI=1S/C15H16ClN3/c1-2-10-9-17-8-7-11(10)15-18-13-6-4-3-5-12(13)14(16)19-15/h7-9H,2-6H2,1H3. The first-order valence-electron chi connectivity index (χ1n) is 6.78. The molecule has 0 saturated carbocycles. The Bertz CT molecular complexity index is 610. The van der Waals surface area contributed by atoms with Crippen molar-refractivity contribution in [3.8, 4) is 11.4 Å². The van der Waals surface area contributed by atoms with Gasteiger partial charge in [0.05, 0.1) is 0 Å². The molecule has 0 aliphatic heterocycles. The topological polar surface area (TPSA) is 38.7 Å². The van der Waals surface area contributed by atoms with Crippen molar-refractivity contribution in [3.63, 3.8) is 0 Å². The molecule has 0 N–H and O–H groups in total. The molecule has 0 unspecified atom stereocenters. The van der Waals surface area contributed by atoms with Gasteiger partial charge in [0.15, 0.2) is 5.82 Å². The Kier molecular flexibility index (Phi) is 3.47. The summed E-state index contributed by atoms with van der Waals surface area (Å²) in [5.74, 6) is 0.741. The Morgan fingerprint density at radius 1 is 1.21 bits per heavy atom. The van der Waals surface area contributed by atoms with E-state index in [0.717, 1.165) is 47.5 Å². The number of aromatic nitrogens is 3. The van der Waals surface area contributed by atoms with Crippen molar-refractivity contribution < 1.29 is 0 Å². The summed E-state index contributed by atoms with van der Waals surface area (Å²) in [4.78, 5) is 13.4. The van der Waals surface area contributed by atoms with Crippen molar-refractivity contribution in [2.75, 3.05) is 0 Å². The first-order chi connectivity index (χ1) is 9.29. The minimum atomic E-state index is 0.624. The highest BCUT2D eigenvalue weighted by atomic mass is 35.5. The van der Waals surface area contributed by atoms with Crippen LogP contribution < -0.4 is 0 Å². The molecule has 0 bridgehead atoms. The molecule has 2 aromatic rings. The highest BCUT2D eigenvalue weighted by Gasteiger charge is 2.18. The van der Waals surface area contributed by atoms with Gasteiger partial charge in [-0.15, -0.1) is 0 Å².